The quantitative estimate of drug-likeness (QED) is 0.158. The summed E-state index contributed by atoms with van der Waals surface area (Å²) in [6.07, 6.45) is 1.50. The van der Waals surface area contributed by atoms with Crippen molar-refractivity contribution in [2.24, 2.45) is 16.9 Å². The van der Waals surface area contributed by atoms with E-state index in [0.29, 0.717) is 31.6 Å². The number of carbonyl (C=O) groups is 2. The van der Waals surface area contributed by atoms with Crippen LogP contribution >= 0.6 is 39.1 Å². The predicted octanol–water partition coefficient (Wildman–Crippen LogP) is 7.57. The zero-order valence-electron chi connectivity index (χ0n) is 22.3. The number of imide groups is 1. The third-order valence-electron chi connectivity index (χ3n) is 8.39. The first-order valence-electron chi connectivity index (χ1n) is 13.4. The molecular formula is C33H23BrCl2N2O4. The molecule has 8 rings (SSSR count). The van der Waals surface area contributed by atoms with Crippen molar-refractivity contribution in [3.05, 3.63) is 127 Å². The van der Waals surface area contributed by atoms with Gasteiger partial charge >= 0.3 is 0 Å². The van der Waals surface area contributed by atoms with Gasteiger partial charge in [0.25, 0.3) is 11.8 Å². The molecule has 0 aromatic heterocycles. The van der Waals surface area contributed by atoms with Gasteiger partial charge in [-0.1, -0.05) is 77.8 Å². The highest BCUT2D eigenvalue weighted by Crippen LogP contribution is 2.61. The van der Waals surface area contributed by atoms with Gasteiger partial charge in [-0.05, 0) is 68.0 Å². The van der Waals surface area contributed by atoms with E-state index in [9.17, 15) is 9.59 Å². The van der Waals surface area contributed by atoms with E-state index >= 15 is 0 Å². The van der Waals surface area contributed by atoms with Crippen LogP contribution in [-0.2, 0) is 16.2 Å². The molecule has 210 valence electrons. The average molecular weight is 662 g/mol. The lowest BCUT2D eigenvalue weighted by molar-refractivity contribution is -0.139. The summed E-state index contributed by atoms with van der Waals surface area (Å²) in [5.74, 6) is -0.938. The maximum atomic E-state index is 13.8. The van der Waals surface area contributed by atoms with Crippen LogP contribution in [0.15, 0.2) is 88.4 Å². The van der Waals surface area contributed by atoms with Crippen molar-refractivity contribution >= 4 is 57.2 Å². The van der Waals surface area contributed by atoms with Crippen molar-refractivity contribution in [2.45, 2.75) is 18.4 Å². The summed E-state index contributed by atoms with van der Waals surface area (Å²) in [4.78, 5) is 27.6. The van der Waals surface area contributed by atoms with Crippen molar-refractivity contribution in [3.63, 3.8) is 0 Å². The Labute approximate surface area is 261 Å². The maximum Gasteiger partial charge on any atom is 0.254 e. The van der Waals surface area contributed by atoms with Crippen molar-refractivity contribution < 1.29 is 19.1 Å². The van der Waals surface area contributed by atoms with Crippen LogP contribution in [0.5, 0.6) is 11.5 Å². The Kier molecular flexibility index (Phi) is 6.84. The number of benzene rings is 4. The third kappa shape index (κ3) is 4.25. The number of ether oxygens (including phenoxy) is 2. The lowest BCUT2D eigenvalue weighted by Gasteiger charge is -2.45. The number of amides is 2. The maximum absolute atomic E-state index is 13.8. The van der Waals surface area contributed by atoms with E-state index in [4.69, 9.17) is 32.7 Å². The molecule has 1 fully saturated rings. The zero-order valence-corrected chi connectivity index (χ0v) is 25.4. The Morgan fingerprint density at radius 1 is 0.857 bits per heavy atom. The SMILES string of the molecule is COc1cc(/C=N/N2C(=O)C3C4c5ccccc5C(c5ccccc54)C3C2=O)cc(Br)c1OCc1ccc(Cl)cc1Cl. The number of nitrogens with zero attached hydrogens (tertiary/aromatic N) is 2. The summed E-state index contributed by atoms with van der Waals surface area (Å²) in [5, 5.41) is 6.52. The fourth-order valence-corrected chi connectivity index (χ4v) is 7.68. The Hall–Kier alpha value is -3.65. The molecule has 0 saturated carbocycles. The summed E-state index contributed by atoms with van der Waals surface area (Å²) in [5.41, 5.74) is 5.89. The largest absolute Gasteiger partial charge is 0.493 e. The molecule has 2 atom stereocenters. The molecule has 1 aliphatic heterocycles. The molecule has 0 spiro atoms. The van der Waals surface area contributed by atoms with Gasteiger partial charge in [0.15, 0.2) is 11.5 Å². The molecule has 6 nitrogen and oxygen atoms in total. The van der Waals surface area contributed by atoms with Crippen molar-refractivity contribution in [1.82, 2.24) is 5.01 Å². The highest BCUT2D eigenvalue weighted by Gasteiger charge is 2.61. The van der Waals surface area contributed by atoms with Gasteiger partial charge in [0.1, 0.15) is 6.61 Å². The molecule has 2 amide bonds. The Morgan fingerprint density at radius 2 is 1.43 bits per heavy atom. The van der Waals surface area contributed by atoms with E-state index in [1.807, 2.05) is 24.3 Å². The smallest absolute Gasteiger partial charge is 0.254 e. The van der Waals surface area contributed by atoms with Crippen LogP contribution in [0.2, 0.25) is 10.0 Å². The first-order valence-corrected chi connectivity index (χ1v) is 15.0. The molecule has 3 aliphatic carbocycles. The molecule has 2 bridgehead atoms. The van der Waals surface area contributed by atoms with E-state index < -0.39 is 11.8 Å². The average Bonchev–Trinajstić information content (AvgIpc) is 3.25. The van der Waals surface area contributed by atoms with Gasteiger partial charge in [-0.15, -0.1) is 0 Å². The van der Waals surface area contributed by atoms with Crippen LogP contribution in [0.1, 0.15) is 45.2 Å². The molecule has 2 unspecified atom stereocenters. The molecule has 42 heavy (non-hydrogen) atoms. The second-order valence-electron chi connectivity index (χ2n) is 10.6. The van der Waals surface area contributed by atoms with E-state index in [2.05, 4.69) is 45.3 Å². The number of hydrogen-bond donors (Lipinski definition) is 0. The molecular weight excluding hydrogens is 639 g/mol. The van der Waals surface area contributed by atoms with Crippen LogP contribution in [0.4, 0.5) is 0 Å². The lowest BCUT2D eigenvalue weighted by atomic mass is 9.55. The van der Waals surface area contributed by atoms with Gasteiger partial charge in [0.05, 0.1) is 29.6 Å². The van der Waals surface area contributed by atoms with Crippen molar-refractivity contribution in [2.75, 3.05) is 7.11 Å². The number of methoxy groups -OCH3 is 1. The van der Waals surface area contributed by atoms with Gasteiger partial charge in [-0.25, -0.2) is 0 Å². The predicted molar refractivity (Wildman–Crippen MR) is 164 cm³/mol. The standard InChI is InChI=1S/C33H23BrCl2N2O4/c1-41-26-13-17(12-24(34)31(26)42-16-18-10-11-19(35)14-25(18)36)15-37-38-32(39)29-27-20-6-2-3-7-21(20)28(30(29)33(38)40)23-9-5-4-8-22(23)27/h2-15,27-30H,16H2,1H3/b37-15+. The Bertz CT molecular complexity index is 1690. The van der Waals surface area contributed by atoms with Gasteiger partial charge < -0.3 is 9.47 Å². The molecule has 4 aliphatic rings. The molecule has 1 heterocycles. The molecule has 0 radical (unpaired) electrons. The lowest BCUT2D eigenvalue weighted by Crippen LogP contribution is -2.41. The first kappa shape index (κ1) is 27.2. The minimum absolute atomic E-state index is 0.177. The van der Waals surface area contributed by atoms with E-state index in [0.717, 1.165) is 32.8 Å². The summed E-state index contributed by atoms with van der Waals surface area (Å²) in [6, 6.07) is 25.0. The van der Waals surface area contributed by atoms with E-state index in [-0.39, 0.29) is 30.3 Å². The van der Waals surface area contributed by atoms with Crippen LogP contribution in [-0.4, -0.2) is 30.1 Å². The highest BCUT2D eigenvalue weighted by molar-refractivity contribution is 9.10. The van der Waals surface area contributed by atoms with Gasteiger partial charge in [-0.2, -0.15) is 10.1 Å². The minimum Gasteiger partial charge on any atom is -0.493 e. The summed E-state index contributed by atoms with van der Waals surface area (Å²) in [7, 11) is 1.54. The number of rotatable bonds is 6. The summed E-state index contributed by atoms with van der Waals surface area (Å²) >= 11 is 15.9. The van der Waals surface area contributed by atoms with Crippen molar-refractivity contribution in [1.29, 1.82) is 0 Å². The summed E-state index contributed by atoms with van der Waals surface area (Å²) in [6.45, 7) is 0.199. The number of hydrazone groups is 1. The van der Waals surface area contributed by atoms with Crippen LogP contribution in [0, 0.1) is 11.8 Å². The fourth-order valence-electron chi connectivity index (χ4n) is 6.64. The van der Waals surface area contributed by atoms with Crippen LogP contribution in [0.25, 0.3) is 0 Å². The second-order valence-corrected chi connectivity index (χ2v) is 12.3. The monoisotopic (exact) mass is 660 g/mol. The molecule has 1 saturated heterocycles. The first-order chi connectivity index (χ1) is 20.4. The van der Waals surface area contributed by atoms with Gasteiger partial charge in [-0.3, -0.25) is 9.59 Å². The van der Waals surface area contributed by atoms with E-state index in [1.165, 1.54) is 13.3 Å². The molecule has 4 aromatic carbocycles. The summed E-state index contributed by atoms with van der Waals surface area (Å²) < 4.78 is 12.2. The minimum atomic E-state index is -0.485. The van der Waals surface area contributed by atoms with E-state index in [1.54, 1.807) is 30.3 Å². The Balaban J connectivity index is 1.17. The molecule has 9 heteroatoms. The van der Waals surface area contributed by atoms with Crippen LogP contribution in [0.3, 0.4) is 0 Å². The topological polar surface area (TPSA) is 68.2 Å². The third-order valence-corrected chi connectivity index (χ3v) is 9.56. The van der Waals surface area contributed by atoms with Gasteiger partial charge in [0, 0.05) is 27.4 Å². The Morgan fingerprint density at radius 3 is 1.95 bits per heavy atom. The number of carbonyl (C=O) groups excluding carboxylic acids is 2. The highest BCUT2D eigenvalue weighted by atomic mass is 79.9. The second kappa shape index (κ2) is 10.6. The molecule has 4 aromatic rings. The molecule has 0 N–H and O–H groups in total. The van der Waals surface area contributed by atoms with Gasteiger partial charge in [0.2, 0.25) is 0 Å². The normalized spacial score (nSPS) is 21.9. The van der Waals surface area contributed by atoms with Crippen molar-refractivity contribution in [3.8, 4) is 11.5 Å². The number of hydrogen-bond acceptors (Lipinski definition) is 5. The zero-order chi connectivity index (χ0) is 29.1. The number of halogens is 3. The van der Waals surface area contributed by atoms with Crippen LogP contribution < -0.4 is 9.47 Å². The fraction of sp³-hybridized carbons (Fsp3) is 0.182.